The van der Waals surface area contributed by atoms with Gasteiger partial charge in [-0.05, 0) is 57.3 Å². The molecule has 7 heteroatoms. The highest BCUT2D eigenvalue weighted by Crippen LogP contribution is 2.42. The highest BCUT2D eigenvalue weighted by atomic mass is 16.2. The zero-order valence-electron chi connectivity index (χ0n) is 16.4. The third kappa shape index (κ3) is 3.92. The number of anilines is 1. The summed E-state index contributed by atoms with van der Waals surface area (Å²) in [7, 11) is 3.81. The molecule has 7 nitrogen and oxygen atoms in total. The van der Waals surface area contributed by atoms with E-state index in [-0.39, 0.29) is 11.9 Å². The van der Waals surface area contributed by atoms with Gasteiger partial charge in [0, 0.05) is 31.5 Å². The Hall–Kier alpha value is -2.72. The first-order valence-electron chi connectivity index (χ1n) is 9.88. The van der Waals surface area contributed by atoms with Crippen molar-refractivity contribution >= 4 is 22.6 Å². The van der Waals surface area contributed by atoms with Crippen LogP contribution in [0.4, 0.5) is 5.69 Å². The second kappa shape index (κ2) is 7.72. The van der Waals surface area contributed by atoms with Gasteiger partial charge in [0.05, 0.1) is 17.8 Å². The number of nitrogens with one attached hydrogen (secondary N) is 1. The molecule has 1 aromatic carbocycles. The number of hydrogen-bond acceptors (Lipinski definition) is 6. The Balaban J connectivity index is 1.62. The van der Waals surface area contributed by atoms with Gasteiger partial charge in [0.2, 0.25) is 5.91 Å². The molecule has 146 valence electrons. The standard InChI is InChI=1S/C21H26N6O/c1-26(2)13-19(28)25-17-9-16(14-3-4-14)11-27(12-17)18-6-5-15(10-22)20-21(18)24-8-7-23-20/h5-8,14,16-17H,3-4,9,11-13H2,1-2H3,(H,25,28). The van der Waals surface area contributed by atoms with Crippen molar-refractivity contribution in [1.29, 1.82) is 5.26 Å². The number of piperidine rings is 1. The predicted molar refractivity (Wildman–Crippen MR) is 108 cm³/mol. The van der Waals surface area contributed by atoms with E-state index in [0.717, 1.165) is 36.6 Å². The molecule has 2 aromatic rings. The number of carbonyl (C=O) groups is 1. The number of amides is 1. The minimum atomic E-state index is 0.0656. The van der Waals surface area contributed by atoms with Crippen LogP contribution >= 0.6 is 0 Å². The van der Waals surface area contributed by atoms with Gasteiger partial charge >= 0.3 is 0 Å². The van der Waals surface area contributed by atoms with Crippen LogP contribution in [0, 0.1) is 23.2 Å². The van der Waals surface area contributed by atoms with E-state index in [4.69, 9.17) is 0 Å². The molecule has 4 rings (SSSR count). The number of rotatable bonds is 5. The number of aromatic nitrogens is 2. The lowest BCUT2D eigenvalue weighted by molar-refractivity contribution is -0.122. The van der Waals surface area contributed by atoms with Crippen molar-refractivity contribution in [1.82, 2.24) is 20.2 Å². The molecule has 1 aromatic heterocycles. The van der Waals surface area contributed by atoms with Gasteiger partial charge in [0.15, 0.2) is 0 Å². The van der Waals surface area contributed by atoms with Crippen molar-refractivity contribution in [2.45, 2.75) is 25.3 Å². The SMILES string of the molecule is CN(C)CC(=O)NC1CC(C2CC2)CN(c2ccc(C#N)c3nccnc23)C1. The number of carbonyl (C=O) groups excluding carboxylic acids is 1. The molecule has 1 amide bonds. The summed E-state index contributed by atoms with van der Waals surface area (Å²) in [6.45, 7) is 2.11. The van der Waals surface area contributed by atoms with Gasteiger partial charge in [-0.2, -0.15) is 5.26 Å². The summed E-state index contributed by atoms with van der Waals surface area (Å²) >= 11 is 0. The number of fused-ring (bicyclic) bond motifs is 1. The molecule has 1 saturated carbocycles. The van der Waals surface area contributed by atoms with Crippen molar-refractivity contribution in [2.24, 2.45) is 11.8 Å². The number of nitriles is 1. The smallest absolute Gasteiger partial charge is 0.234 e. The Morgan fingerprint density at radius 3 is 2.64 bits per heavy atom. The van der Waals surface area contributed by atoms with Crippen LogP contribution < -0.4 is 10.2 Å². The van der Waals surface area contributed by atoms with E-state index in [1.807, 2.05) is 31.1 Å². The lowest BCUT2D eigenvalue weighted by Gasteiger charge is -2.40. The quantitative estimate of drug-likeness (QED) is 0.854. The average molecular weight is 378 g/mol. The molecule has 2 atom stereocenters. The molecule has 0 bridgehead atoms. The summed E-state index contributed by atoms with van der Waals surface area (Å²) in [4.78, 5) is 25.4. The third-order valence-corrected chi connectivity index (χ3v) is 5.66. The summed E-state index contributed by atoms with van der Waals surface area (Å²) in [5.74, 6) is 1.39. The summed E-state index contributed by atoms with van der Waals surface area (Å²) in [6, 6.07) is 6.13. The van der Waals surface area contributed by atoms with Crippen molar-refractivity contribution in [2.75, 3.05) is 38.6 Å². The number of benzene rings is 1. The summed E-state index contributed by atoms with van der Waals surface area (Å²) in [5.41, 5.74) is 2.94. The Morgan fingerprint density at radius 1 is 1.21 bits per heavy atom. The topological polar surface area (TPSA) is 85.2 Å². The minimum Gasteiger partial charge on any atom is -0.367 e. The van der Waals surface area contributed by atoms with Crippen LogP contribution in [-0.4, -0.2) is 60.5 Å². The molecule has 1 aliphatic carbocycles. The van der Waals surface area contributed by atoms with Crippen LogP contribution in [0.15, 0.2) is 24.5 Å². The molecule has 2 fully saturated rings. The van der Waals surface area contributed by atoms with Crippen LogP contribution in [-0.2, 0) is 4.79 Å². The van der Waals surface area contributed by atoms with E-state index in [9.17, 15) is 10.1 Å². The molecule has 1 aliphatic heterocycles. The fraction of sp³-hybridized carbons (Fsp3) is 0.524. The zero-order chi connectivity index (χ0) is 19.7. The van der Waals surface area contributed by atoms with E-state index in [1.165, 1.54) is 12.8 Å². The highest BCUT2D eigenvalue weighted by molar-refractivity contribution is 5.92. The second-order valence-corrected chi connectivity index (χ2v) is 8.24. The average Bonchev–Trinajstić information content (AvgIpc) is 3.51. The summed E-state index contributed by atoms with van der Waals surface area (Å²) < 4.78 is 0. The lowest BCUT2D eigenvalue weighted by atomic mass is 9.89. The maximum atomic E-state index is 12.3. The van der Waals surface area contributed by atoms with E-state index in [2.05, 4.69) is 26.3 Å². The van der Waals surface area contributed by atoms with Crippen molar-refractivity contribution in [3.63, 3.8) is 0 Å². The monoisotopic (exact) mass is 378 g/mol. The minimum absolute atomic E-state index is 0.0656. The molecular weight excluding hydrogens is 352 g/mol. The summed E-state index contributed by atoms with van der Waals surface area (Å²) in [5, 5.41) is 12.6. The van der Waals surface area contributed by atoms with Crippen molar-refractivity contribution in [3.8, 4) is 6.07 Å². The first-order valence-corrected chi connectivity index (χ1v) is 9.88. The predicted octanol–water partition coefficient (Wildman–Crippen LogP) is 1.78. The fourth-order valence-corrected chi connectivity index (χ4v) is 4.30. The van der Waals surface area contributed by atoms with Gasteiger partial charge in [-0.15, -0.1) is 0 Å². The van der Waals surface area contributed by atoms with Crippen LogP contribution in [0.1, 0.15) is 24.8 Å². The van der Waals surface area contributed by atoms with Crippen LogP contribution in [0.25, 0.3) is 11.0 Å². The molecule has 1 N–H and O–H groups in total. The Morgan fingerprint density at radius 2 is 1.96 bits per heavy atom. The molecule has 2 aliphatic rings. The first-order chi connectivity index (χ1) is 13.5. The van der Waals surface area contributed by atoms with E-state index in [1.54, 1.807) is 12.4 Å². The second-order valence-electron chi connectivity index (χ2n) is 8.24. The van der Waals surface area contributed by atoms with Gasteiger partial charge in [-0.3, -0.25) is 14.8 Å². The van der Waals surface area contributed by atoms with E-state index in [0.29, 0.717) is 23.5 Å². The van der Waals surface area contributed by atoms with Crippen LogP contribution in [0.3, 0.4) is 0 Å². The molecule has 0 radical (unpaired) electrons. The first kappa shape index (κ1) is 18.6. The maximum Gasteiger partial charge on any atom is 0.234 e. The van der Waals surface area contributed by atoms with Gasteiger partial charge in [0.25, 0.3) is 0 Å². The van der Waals surface area contributed by atoms with E-state index < -0.39 is 0 Å². The van der Waals surface area contributed by atoms with Gasteiger partial charge in [-0.1, -0.05) is 0 Å². The highest BCUT2D eigenvalue weighted by Gasteiger charge is 2.38. The van der Waals surface area contributed by atoms with Crippen LogP contribution in [0.2, 0.25) is 0 Å². The Bertz CT molecular complexity index is 917. The lowest BCUT2D eigenvalue weighted by Crippen LogP contribution is -2.52. The normalized spacial score (nSPS) is 22.3. The Labute approximate surface area is 165 Å². The van der Waals surface area contributed by atoms with Crippen molar-refractivity contribution in [3.05, 3.63) is 30.1 Å². The molecule has 2 heterocycles. The summed E-state index contributed by atoms with van der Waals surface area (Å²) in [6.07, 6.45) is 6.89. The molecule has 2 unspecified atom stereocenters. The molecule has 0 spiro atoms. The van der Waals surface area contributed by atoms with Crippen LogP contribution in [0.5, 0.6) is 0 Å². The maximum absolute atomic E-state index is 12.3. The molecule has 1 saturated heterocycles. The molecular formula is C21H26N6O. The largest absolute Gasteiger partial charge is 0.367 e. The number of nitrogens with zero attached hydrogens (tertiary/aromatic N) is 5. The van der Waals surface area contributed by atoms with Gasteiger partial charge in [0.1, 0.15) is 17.1 Å². The van der Waals surface area contributed by atoms with Crippen molar-refractivity contribution < 1.29 is 4.79 Å². The Kier molecular flexibility index (Phi) is 5.14. The van der Waals surface area contributed by atoms with Gasteiger partial charge < -0.3 is 15.1 Å². The number of hydrogen-bond donors (Lipinski definition) is 1. The molecule has 28 heavy (non-hydrogen) atoms. The van der Waals surface area contributed by atoms with E-state index >= 15 is 0 Å². The zero-order valence-corrected chi connectivity index (χ0v) is 16.4. The fourth-order valence-electron chi connectivity index (χ4n) is 4.30. The third-order valence-electron chi connectivity index (χ3n) is 5.66. The van der Waals surface area contributed by atoms with Gasteiger partial charge in [-0.25, -0.2) is 0 Å². The number of likely N-dealkylation sites (N-methyl/N-ethyl adjacent to an activating group) is 1.